The number of hydrogen-bond acceptors (Lipinski definition) is 6. The standard InChI is InChI=1S/C14H24ClN5O/c1-3-20(4-2)14-18-12(15)17-13(19-14)16-11-8-6-5-7-10(11)9-21/h10-11,21H,3-9H2,1-2H3,(H,16,17,18,19). The number of nitrogens with zero attached hydrogens (tertiary/aromatic N) is 4. The van der Waals surface area contributed by atoms with Gasteiger partial charge in [0.1, 0.15) is 0 Å². The van der Waals surface area contributed by atoms with Gasteiger partial charge in [-0.3, -0.25) is 0 Å². The number of anilines is 2. The average Bonchev–Trinajstić information content (AvgIpc) is 2.48. The van der Waals surface area contributed by atoms with Gasteiger partial charge in [0.05, 0.1) is 0 Å². The molecule has 1 aromatic heterocycles. The van der Waals surface area contributed by atoms with E-state index in [4.69, 9.17) is 11.6 Å². The van der Waals surface area contributed by atoms with Crippen LogP contribution in [0.25, 0.3) is 0 Å². The Morgan fingerprint density at radius 2 is 1.90 bits per heavy atom. The molecule has 1 aliphatic carbocycles. The lowest BCUT2D eigenvalue weighted by molar-refractivity contribution is 0.178. The summed E-state index contributed by atoms with van der Waals surface area (Å²) in [7, 11) is 0. The summed E-state index contributed by atoms with van der Waals surface area (Å²) < 4.78 is 0. The van der Waals surface area contributed by atoms with Crippen molar-refractivity contribution in [3.05, 3.63) is 5.28 Å². The maximum atomic E-state index is 9.49. The van der Waals surface area contributed by atoms with Crippen molar-refractivity contribution in [1.82, 2.24) is 15.0 Å². The fourth-order valence-corrected chi connectivity index (χ4v) is 2.99. The second kappa shape index (κ2) is 7.75. The molecule has 0 saturated heterocycles. The number of aliphatic hydroxyl groups is 1. The van der Waals surface area contributed by atoms with Gasteiger partial charge < -0.3 is 15.3 Å². The van der Waals surface area contributed by atoms with Gasteiger partial charge in [-0.25, -0.2) is 0 Å². The molecule has 0 amide bonds. The van der Waals surface area contributed by atoms with Gasteiger partial charge in [-0.2, -0.15) is 15.0 Å². The van der Waals surface area contributed by atoms with Crippen LogP contribution in [0, 0.1) is 5.92 Å². The second-order valence-corrected chi connectivity index (χ2v) is 5.72. The topological polar surface area (TPSA) is 74.2 Å². The predicted octanol–water partition coefficient (Wildman–Crippen LogP) is 2.33. The first-order valence-corrected chi connectivity index (χ1v) is 8.09. The summed E-state index contributed by atoms with van der Waals surface area (Å²) in [5.74, 6) is 1.35. The largest absolute Gasteiger partial charge is 0.396 e. The first kappa shape index (κ1) is 16.2. The maximum absolute atomic E-state index is 9.49. The molecule has 2 N–H and O–H groups in total. The first-order valence-electron chi connectivity index (χ1n) is 7.71. The van der Waals surface area contributed by atoms with Crippen LogP contribution in [0.3, 0.4) is 0 Å². The normalized spacial score (nSPS) is 22.1. The van der Waals surface area contributed by atoms with Crippen LogP contribution in [0.15, 0.2) is 0 Å². The van der Waals surface area contributed by atoms with Crippen molar-refractivity contribution in [2.75, 3.05) is 29.9 Å². The number of nitrogens with one attached hydrogen (secondary N) is 1. The smallest absolute Gasteiger partial charge is 0.231 e. The summed E-state index contributed by atoms with van der Waals surface area (Å²) in [5, 5.41) is 13.0. The zero-order valence-electron chi connectivity index (χ0n) is 12.7. The van der Waals surface area contributed by atoms with E-state index >= 15 is 0 Å². The highest BCUT2D eigenvalue weighted by Crippen LogP contribution is 2.26. The number of aromatic nitrogens is 3. The quantitative estimate of drug-likeness (QED) is 0.839. The van der Waals surface area contributed by atoms with E-state index < -0.39 is 0 Å². The summed E-state index contributed by atoms with van der Waals surface area (Å²) >= 11 is 6.02. The van der Waals surface area contributed by atoms with Crippen LogP contribution >= 0.6 is 11.6 Å². The van der Waals surface area contributed by atoms with Crippen LogP contribution in [-0.2, 0) is 0 Å². The van der Waals surface area contributed by atoms with Crippen molar-refractivity contribution >= 4 is 23.5 Å². The molecular formula is C14H24ClN5O. The van der Waals surface area contributed by atoms with Gasteiger partial charge in [-0.05, 0) is 38.3 Å². The van der Waals surface area contributed by atoms with E-state index in [0.717, 1.165) is 32.4 Å². The number of aliphatic hydroxyl groups excluding tert-OH is 1. The van der Waals surface area contributed by atoms with Crippen LogP contribution in [0.1, 0.15) is 39.5 Å². The molecule has 118 valence electrons. The van der Waals surface area contributed by atoms with Crippen LogP contribution in [0.4, 0.5) is 11.9 Å². The molecule has 1 aromatic rings. The van der Waals surface area contributed by atoms with E-state index in [-0.39, 0.29) is 23.9 Å². The molecule has 7 heteroatoms. The van der Waals surface area contributed by atoms with E-state index in [9.17, 15) is 5.11 Å². The highest BCUT2D eigenvalue weighted by molar-refractivity contribution is 6.28. The SMILES string of the molecule is CCN(CC)c1nc(Cl)nc(NC2CCCCC2CO)n1. The summed E-state index contributed by atoms with van der Waals surface area (Å²) in [6, 6.07) is 0.201. The zero-order chi connectivity index (χ0) is 15.2. The lowest BCUT2D eigenvalue weighted by Gasteiger charge is -2.31. The Hall–Kier alpha value is -1.14. The number of halogens is 1. The molecule has 2 unspecified atom stereocenters. The molecule has 0 aliphatic heterocycles. The van der Waals surface area contributed by atoms with Crippen molar-refractivity contribution in [2.24, 2.45) is 5.92 Å². The monoisotopic (exact) mass is 313 g/mol. The van der Waals surface area contributed by atoms with Crippen molar-refractivity contribution in [2.45, 2.75) is 45.6 Å². The highest BCUT2D eigenvalue weighted by atomic mass is 35.5. The van der Waals surface area contributed by atoms with Crippen molar-refractivity contribution < 1.29 is 5.11 Å². The minimum atomic E-state index is 0.194. The molecule has 1 fully saturated rings. The van der Waals surface area contributed by atoms with Gasteiger partial charge in [-0.15, -0.1) is 0 Å². The Bertz CT molecular complexity index is 455. The summed E-state index contributed by atoms with van der Waals surface area (Å²) in [5.41, 5.74) is 0. The molecule has 0 aromatic carbocycles. The van der Waals surface area contributed by atoms with Gasteiger partial charge in [-0.1, -0.05) is 12.8 Å². The lowest BCUT2D eigenvalue weighted by Crippen LogP contribution is -2.35. The number of rotatable bonds is 6. The molecule has 0 bridgehead atoms. The van der Waals surface area contributed by atoms with Crippen molar-refractivity contribution in [3.63, 3.8) is 0 Å². The summed E-state index contributed by atoms with van der Waals surface area (Å²) in [6.45, 7) is 5.94. The van der Waals surface area contributed by atoms with Crippen LogP contribution < -0.4 is 10.2 Å². The van der Waals surface area contributed by atoms with Gasteiger partial charge in [0, 0.05) is 31.7 Å². The predicted molar refractivity (Wildman–Crippen MR) is 84.9 cm³/mol. The molecule has 0 radical (unpaired) electrons. The van der Waals surface area contributed by atoms with Crippen molar-refractivity contribution in [1.29, 1.82) is 0 Å². The van der Waals surface area contributed by atoms with E-state index in [1.54, 1.807) is 0 Å². The third kappa shape index (κ3) is 4.17. The Morgan fingerprint density at radius 3 is 2.57 bits per heavy atom. The summed E-state index contributed by atoms with van der Waals surface area (Å²) in [6.07, 6.45) is 4.40. The lowest BCUT2D eigenvalue weighted by atomic mass is 9.85. The van der Waals surface area contributed by atoms with E-state index in [1.807, 2.05) is 4.90 Å². The fraction of sp³-hybridized carbons (Fsp3) is 0.786. The van der Waals surface area contributed by atoms with Gasteiger partial charge >= 0.3 is 0 Å². The first-order chi connectivity index (χ1) is 10.2. The van der Waals surface area contributed by atoms with E-state index in [2.05, 4.69) is 34.1 Å². The molecule has 6 nitrogen and oxygen atoms in total. The molecule has 1 aliphatic rings. The Kier molecular flexibility index (Phi) is 5.99. The van der Waals surface area contributed by atoms with E-state index in [0.29, 0.717) is 11.9 Å². The highest BCUT2D eigenvalue weighted by Gasteiger charge is 2.25. The van der Waals surface area contributed by atoms with E-state index in [1.165, 1.54) is 6.42 Å². The molecular weight excluding hydrogens is 290 g/mol. The Morgan fingerprint density at radius 1 is 1.19 bits per heavy atom. The minimum absolute atomic E-state index is 0.194. The Balaban J connectivity index is 2.15. The second-order valence-electron chi connectivity index (χ2n) is 5.38. The van der Waals surface area contributed by atoms with Gasteiger partial charge in [0.25, 0.3) is 0 Å². The zero-order valence-corrected chi connectivity index (χ0v) is 13.5. The average molecular weight is 314 g/mol. The minimum Gasteiger partial charge on any atom is -0.396 e. The number of hydrogen-bond donors (Lipinski definition) is 2. The fourth-order valence-electron chi connectivity index (χ4n) is 2.83. The molecule has 1 saturated carbocycles. The molecule has 1 heterocycles. The Labute approximate surface area is 131 Å². The van der Waals surface area contributed by atoms with Gasteiger partial charge in [0.2, 0.25) is 17.2 Å². The maximum Gasteiger partial charge on any atom is 0.231 e. The molecule has 2 atom stereocenters. The van der Waals surface area contributed by atoms with Crippen molar-refractivity contribution in [3.8, 4) is 0 Å². The van der Waals surface area contributed by atoms with Crippen LogP contribution in [0.2, 0.25) is 5.28 Å². The van der Waals surface area contributed by atoms with Crippen LogP contribution in [0.5, 0.6) is 0 Å². The van der Waals surface area contributed by atoms with Crippen LogP contribution in [-0.4, -0.2) is 45.8 Å². The molecule has 0 spiro atoms. The molecule has 21 heavy (non-hydrogen) atoms. The molecule has 2 rings (SSSR count). The third-order valence-corrected chi connectivity index (χ3v) is 4.27. The third-order valence-electron chi connectivity index (χ3n) is 4.10. The summed E-state index contributed by atoms with van der Waals surface area (Å²) in [4.78, 5) is 14.9. The van der Waals surface area contributed by atoms with Gasteiger partial charge in [0.15, 0.2) is 0 Å².